The Balaban J connectivity index is 1.64. The molecule has 0 aliphatic heterocycles. The molecule has 3 heteroatoms. The van der Waals surface area contributed by atoms with E-state index in [0.717, 1.165) is 25.0 Å². The van der Waals surface area contributed by atoms with Crippen LogP contribution >= 0.6 is 0 Å². The number of para-hydroxylation sites is 1. The van der Waals surface area contributed by atoms with E-state index in [-0.39, 0.29) is 0 Å². The van der Waals surface area contributed by atoms with Gasteiger partial charge in [0, 0.05) is 28.2 Å². The van der Waals surface area contributed by atoms with E-state index in [1.807, 2.05) is 0 Å². The van der Waals surface area contributed by atoms with Crippen molar-refractivity contribution in [3.8, 4) is 11.3 Å². The lowest BCUT2D eigenvalue weighted by Gasteiger charge is -2.21. The standard InChI is InChI=1S/C31H36N2Si/c1-5-6-8-13-24-21-28(32-22-31(24)34(2,3)4)23-18-19-30-27(20-23)26-16-11-12-17-29(26)33(30)25-14-9-7-10-15-25/h7,9,11-12,14,16-22H,5-6,8,10,13,15H2,1-4H3. The molecular weight excluding hydrogens is 428 g/mol. The number of nitrogens with zero attached hydrogens (tertiary/aromatic N) is 2. The van der Waals surface area contributed by atoms with Crippen LogP contribution in [-0.2, 0) is 6.42 Å². The molecule has 0 amide bonds. The van der Waals surface area contributed by atoms with Crippen molar-refractivity contribution >= 4 is 40.8 Å². The zero-order valence-electron chi connectivity index (χ0n) is 21.1. The summed E-state index contributed by atoms with van der Waals surface area (Å²) in [7, 11) is -1.44. The molecule has 2 nitrogen and oxygen atoms in total. The maximum absolute atomic E-state index is 5.00. The van der Waals surface area contributed by atoms with Crippen molar-refractivity contribution in [1.29, 1.82) is 0 Å². The lowest BCUT2D eigenvalue weighted by Crippen LogP contribution is -2.40. The van der Waals surface area contributed by atoms with Crippen LogP contribution < -0.4 is 5.19 Å². The molecule has 0 saturated heterocycles. The van der Waals surface area contributed by atoms with Crippen LogP contribution in [0.1, 0.15) is 44.6 Å². The summed E-state index contributed by atoms with van der Waals surface area (Å²) in [5, 5.41) is 4.14. The number of hydrogen-bond donors (Lipinski definition) is 0. The Hall–Kier alpha value is -2.91. The van der Waals surface area contributed by atoms with Gasteiger partial charge in [-0.15, -0.1) is 0 Å². The van der Waals surface area contributed by atoms with Gasteiger partial charge in [-0.3, -0.25) is 4.98 Å². The predicted molar refractivity (Wildman–Crippen MR) is 152 cm³/mol. The first-order valence-electron chi connectivity index (χ1n) is 12.9. The third kappa shape index (κ3) is 4.30. The van der Waals surface area contributed by atoms with Gasteiger partial charge in [0.1, 0.15) is 0 Å². The number of aromatic nitrogens is 2. The molecule has 0 spiro atoms. The van der Waals surface area contributed by atoms with E-state index in [1.54, 1.807) is 0 Å². The summed E-state index contributed by atoms with van der Waals surface area (Å²) in [4.78, 5) is 5.00. The Bertz CT molecular complexity index is 1400. The van der Waals surface area contributed by atoms with E-state index in [1.165, 1.54) is 63.1 Å². The molecule has 4 aromatic rings. The van der Waals surface area contributed by atoms with Gasteiger partial charge in [-0.05, 0) is 66.8 Å². The monoisotopic (exact) mass is 464 g/mol. The Morgan fingerprint density at radius 1 is 0.941 bits per heavy atom. The van der Waals surface area contributed by atoms with Gasteiger partial charge >= 0.3 is 0 Å². The topological polar surface area (TPSA) is 17.8 Å². The summed E-state index contributed by atoms with van der Waals surface area (Å²) >= 11 is 0. The molecule has 0 N–H and O–H groups in total. The zero-order chi connectivity index (χ0) is 23.7. The van der Waals surface area contributed by atoms with E-state index in [2.05, 4.69) is 104 Å². The van der Waals surface area contributed by atoms with Gasteiger partial charge in [0.25, 0.3) is 0 Å². The SMILES string of the molecule is CCCCCc1cc(-c2ccc3c(c2)c2ccccc2n3C2=CC=CCC2)ncc1[Si](C)(C)C. The third-order valence-electron chi connectivity index (χ3n) is 7.09. The summed E-state index contributed by atoms with van der Waals surface area (Å²) in [6.07, 6.45) is 16.0. The largest absolute Gasteiger partial charge is 0.313 e. The van der Waals surface area contributed by atoms with Crippen molar-refractivity contribution in [3.63, 3.8) is 0 Å². The zero-order valence-corrected chi connectivity index (χ0v) is 22.1. The van der Waals surface area contributed by atoms with E-state index < -0.39 is 8.07 Å². The molecular formula is C31H36N2Si. The molecule has 5 rings (SSSR count). The molecule has 1 aliphatic rings. The van der Waals surface area contributed by atoms with E-state index in [9.17, 15) is 0 Å². The minimum Gasteiger partial charge on any atom is -0.313 e. The van der Waals surface area contributed by atoms with E-state index >= 15 is 0 Å². The van der Waals surface area contributed by atoms with Crippen molar-refractivity contribution in [1.82, 2.24) is 9.55 Å². The highest BCUT2D eigenvalue weighted by Crippen LogP contribution is 2.36. The molecule has 34 heavy (non-hydrogen) atoms. The Kier molecular flexibility index (Phi) is 6.31. The maximum atomic E-state index is 5.00. The second-order valence-corrected chi connectivity index (χ2v) is 15.7. The number of fused-ring (bicyclic) bond motifs is 3. The molecule has 1 aliphatic carbocycles. The molecule has 0 fully saturated rings. The normalized spacial score (nSPS) is 14.2. The van der Waals surface area contributed by atoms with Crippen molar-refractivity contribution in [2.45, 2.75) is 65.1 Å². The number of allylic oxidation sites excluding steroid dienone is 4. The molecule has 174 valence electrons. The summed E-state index contributed by atoms with van der Waals surface area (Å²) in [5.74, 6) is 0. The number of pyridine rings is 1. The van der Waals surface area contributed by atoms with Crippen LogP contribution in [0.15, 0.2) is 73.0 Å². The molecule has 2 aromatic heterocycles. The highest BCUT2D eigenvalue weighted by atomic mass is 28.3. The molecule has 2 heterocycles. The van der Waals surface area contributed by atoms with Crippen LogP contribution in [0.25, 0.3) is 38.8 Å². The fourth-order valence-electron chi connectivity index (χ4n) is 5.32. The molecule has 2 aromatic carbocycles. The average Bonchev–Trinajstić information content (AvgIpc) is 3.18. The number of benzene rings is 2. The number of unbranched alkanes of at least 4 members (excludes halogenated alkanes) is 2. The second-order valence-electron chi connectivity index (χ2n) is 10.6. The van der Waals surface area contributed by atoms with Crippen molar-refractivity contribution in [3.05, 3.63) is 78.5 Å². The highest BCUT2D eigenvalue weighted by molar-refractivity contribution is 6.89. The van der Waals surface area contributed by atoms with Crippen LogP contribution in [0.2, 0.25) is 19.6 Å². The van der Waals surface area contributed by atoms with Gasteiger partial charge < -0.3 is 4.57 Å². The first-order chi connectivity index (χ1) is 16.5. The van der Waals surface area contributed by atoms with Crippen LogP contribution in [-0.4, -0.2) is 17.6 Å². The lowest BCUT2D eigenvalue weighted by atomic mass is 10.0. The first-order valence-corrected chi connectivity index (χ1v) is 16.4. The van der Waals surface area contributed by atoms with Gasteiger partial charge in [0.15, 0.2) is 0 Å². The van der Waals surface area contributed by atoms with Gasteiger partial charge in [-0.2, -0.15) is 0 Å². The van der Waals surface area contributed by atoms with Crippen LogP contribution in [0.5, 0.6) is 0 Å². The van der Waals surface area contributed by atoms with Gasteiger partial charge in [0.05, 0.1) is 24.8 Å². The number of aryl methyl sites for hydroxylation is 1. The smallest absolute Gasteiger partial charge is 0.0799 e. The number of rotatable bonds is 7. The third-order valence-corrected chi connectivity index (χ3v) is 9.16. The predicted octanol–water partition coefficient (Wildman–Crippen LogP) is 8.33. The molecule has 0 radical (unpaired) electrons. The molecule has 0 saturated carbocycles. The van der Waals surface area contributed by atoms with Crippen LogP contribution in [0.3, 0.4) is 0 Å². The van der Waals surface area contributed by atoms with Gasteiger partial charge in [-0.1, -0.05) is 75.8 Å². The summed E-state index contributed by atoms with van der Waals surface area (Å²) in [5.41, 5.74) is 7.78. The quantitative estimate of drug-likeness (QED) is 0.198. The number of hydrogen-bond acceptors (Lipinski definition) is 1. The van der Waals surface area contributed by atoms with Gasteiger partial charge in [-0.25, -0.2) is 0 Å². The summed E-state index contributed by atoms with van der Waals surface area (Å²) < 4.78 is 2.45. The minimum atomic E-state index is -1.44. The van der Waals surface area contributed by atoms with E-state index in [4.69, 9.17) is 4.98 Å². The van der Waals surface area contributed by atoms with E-state index in [0.29, 0.717) is 0 Å². The van der Waals surface area contributed by atoms with Crippen LogP contribution in [0, 0.1) is 0 Å². The summed E-state index contributed by atoms with van der Waals surface area (Å²) in [6.45, 7) is 9.58. The van der Waals surface area contributed by atoms with Crippen molar-refractivity contribution < 1.29 is 0 Å². The lowest BCUT2D eigenvalue weighted by molar-refractivity contribution is 0.718. The van der Waals surface area contributed by atoms with Crippen LogP contribution in [0.4, 0.5) is 0 Å². The fraction of sp³-hybridized carbons (Fsp3) is 0.323. The van der Waals surface area contributed by atoms with Crippen molar-refractivity contribution in [2.24, 2.45) is 0 Å². The minimum absolute atomic E-state index is 1.08. The maximum Gasteiger partial charge on any atom is 0.0799 e. The molecule has 0 atom stereocenters. The molecule has 0 bridgehead atoms. The fourth-order valence-corrected chi connectivity index (χ4v) is 6.93. The Labute approximate surface area is 205 Å². The van der Waals surface area contributed by atoms with Crippen molar-refractivity contribution in [2.75, 3.05) is 0 Å². The Morgan fingerprint density at radius 2 is 1.76 bits per heavy atom. The van der Waals surface area contributed by atoms with Gasteiger partial charge in [0.2, 0.25) is 0 Å². The highest BCUT2D eigenvalue weighted by Gasteiger charge is 2.22. The first kappa shape index (κ1) is 22.9. The molecule has 0 unspecified atom stereocenters. The Morgan fingerprint density at radius 3 is 2.53 bits per heavy atom. The average molecular weight is 465 g/mol. The summed E-state index contributed by atoms with van der Waals surface area (Å²) in [6, 6.07) is 18.1. The second kappa shape index (κ2) is 9.38.